The fraction of sp³-hybridized carbons (Fsp3) is 1.00. The molecule has 0 aliphatic rings. The summed E-state index contributed by atoms with van der Waals surface area (Å²) < 4.78 is 0. The van der Waals surface area contributed by atoms with Crippen molar-refractivity contribution in [2.45, 2.75) is 181 Å². The van der Waals surface area contributed by atoms with Crippen molar-refractivity contribution in [3.05, 3.63) is 0 Å². The van der Waals surface area contributed by atoms with Crippen LogP contribution >= 0.6 is 0 Å². The molecule has 0 amide bonds. The van der Waals surface area contributed by atoms with Gasteiger partial charge in [0.05, 0.1) is 0 Å². The molecule has 0 bridgehead atoms. The van der Waals surface area contributed by atoms with Crippen LogP contribution in [0.25, 0.3) is 0 Å². The third-order valence-electron chi connectivity index (χ3n) is 6.62. The van der Waals surface area contributed by atoms with E-state index < -0.39 is 0 Å². The first-order chi connectivity index (χ1) is 15.8. The van der Waals surface area contributed by atoms with E-state index in [1.54, 1.807) is 0 Å². The second-order valence-electron chi connectivity index (χ2n) is 10.1. The Morgan fingerprint density at radius 3 is 0.562 bits per heavy atom. The highest BCUT2D eigenvalue weighted by Crippen LogP contribution is 2.13. The number of hydrogen-bond acceptors (Lipinski definition) is 2. The molecule has 0 heterocycles. The molecule has 0 aliphatic carbocycles. The Hall–Kier alpha value is -0.0800. The van der Waals surface area contributed by atoms with Gasteiger partial charge >= 0.3 is 0 Å². The number of unbranched alkanes of at least 4 members (excludes halogenated alkanes) is 24. The van der Waals surface area contributed by atoms with Crippen LogP contribution in [0.15, 0.2) is 0 Å². The van der Waals surface area contributed by atoms with Crippen molar-refractivity contribution < 1.29 is 0 Å². The minimum Gasteiger partial charge on any atom is -0.330 e. The quantitative estimate of drug-likeness (QED) is 0.128. The number of hydrogen-bond donors (Lipinski definition) is 2. The molecule has 0 unspecified atom stereocenters. The first-order valence-corrected chi connectivity index (χ1v) is 15.2. The normalized spacial score (nSPS) is 10.9. The van der Waals surface area contributed by atoms with Crippen molar-refractivity contribution in [3.63, 3.8) is 0 Å². The topological polar surface area (TPSA) is 52.0 Å². The first kappa shape index (κ1) is 34.1. The average Bonchev–Trinajstić information content (AvgIpc) is 2.81. The van der Waals surface area contributed by atoms with Crippen LogP contribution in [-0.2, 0) is 0 Å². The lowest BCUT2D eigenvalue weighted by atomic mass is 10.0. The van der Waals surface area contributed by atoms with E-state index >= 15 is 0 Å². The van der Waals surface area contributed by atoms with Crippen LogP contribution in [0, 0.1) is 0 Å². The van der Waals surface area contributed by atoms with Crippen molar-refractivity contribution in [1.29, 1.82) is 0 Å². The minimum absolute atomic E-state index is 0.872. The molecule has 0 saturated carbocycles. The van der Waals surface area contributed by atoms with E-state index in [9.17, 15) is 0 Å². The van der Waals surface area contributed by atoms with E-state index in [0.29, 0.717) is 0 Å². The van der Waals surface area contributed by atoms with E-state index in [1.165, 1.54) is 167 Å². The van der Waals surface area contributed by atoms with Gasteiger partial charge in [-0.15, -0.1) is 0 Å². The van der Waals surface area contributed by atoms with Crippen LogP contribution in [-0.4, -0.2) is 13.1 Å². The van der Waals surface area contributed by atoms with Gasteiger partial charge in [0.25, 0.3) is 0 Å². The molecule has 4 N–H and O–H groups in total. The Labute approximate surface area is 205 Å². The molecule has 32 heavy (non-hydrogen) atoms. The average molecular weight is 455 g/mol. The fourth-order valence-corrected chi connectivity index (χ4v) is 4.32. The Balaban J connectivity index is 0. The molecule has 0 atom stereocenters. The SMILES string of the molecule is CCCCCCCCCCCCCCCCN.CCCCCCCCCCCCCCN. The molecular formula is C30H66N2. The summed E-state index contributed by atoms with van der Waals surface area (Å²) >= 11 is 0. The lowest BCUT2D eigenvalue weighted by molar-refractivity contribution is 0.536. The predicted octanol–water partition coefficient (Wildman–Crippen LogP) is 10.1. The molecule has 2 nitrogen and oxygen atoms in total. The maximum Gasteiger partial charge on any atom is -0.00773 e. The Kier molecular flexibility index (Phi) is 37.8. The first-order valence-electron chi connectivity index (χ1n) is 15.2. The van der Waals surface area contributed by atoms with Crippen molar-refractivity contribution >= 4 is 0 Å². The monoisotopic (exact) mass is 455 g/mol. The Bertz CT molecular complexity index is 254. The number of nitrogens with two attached hydrogens (primary N) is 2. The molecule has 0 saturated heterocycles. The summed E-state index contributed by atoms with van der Waals surface area (Å²) in [7, 11) is 0. The lowest BCUT2D eigenvalue weighted by Crippen LogP contribution is -1.97. The van der Waals surface area contributed by atoms with Crippen LogP contribution in [0.3, 0.4) is 0 Å². The maximum absolute atomic E-state index is 5.47. The van der Waals surface area contributed by atoms with Crippen molar-refractivity contribution in [2.75, 3.05) is 13.1 Å². The van der Waals surface area contributed by atoms with E-state index in [2.05, 4.69) is 13.8 Å². The largest absolute Gasteiger partial charge is 0.330 e. The smallest absolute Gasteiger partial charge is 0.00773 e. The zero-order valence-electron chi connectivity index (χ0n) is 23.0. The van der Waals surface area contributed by atoms with Gasteiger partial charge in [0, 0.05) is 0 Å². The summed E-state index contributed by atoms with van der Waals surface area (Å²) in [5.74, 6) is 0. The highest BCUT2D eigenvalue weighted by molar-refractivity contribution is 4.50. The molecular weight excluding hydrogens is 388 g/mol. The third-order valence-corrected chi connectivity index (χ3v) is 6.62. The van der Waals surface area contributed by atoms with Gasteiger partial charge in [-0.1, -0.05) is 168 Å². The molecule has 0 aromatic rings. The minimum atomic E-state index is 0.872. The Morgan fingerprint density at radius 1 is 0.250 bits per heavy atom. The molecule has 0 aromatic carbocycles. The molecule has 0 radical (unpaired) electrons. The molecule has 0 rings (SSSR count). The summed E-state index contributed by atoms with van der Waals surface area (Å²) in [5.41, 5.74) is 10.9. The van der Waals surface area contributed by atoms with Crippen LogP contribution in [0.5, 0.6) is 0 Å². The standard InChI is InChI=1S/C16H35N.C14H31N/c1-2-3-4-5-6-7-8-9-10-11-12-13-14-15-16-17;1-2-3-4-5-6-7-8-9-10-11-12-13-14-15/h2-17H2,1H3;2-15H2,1H3. The van der Waals surface area contributed by atoms with E-state index in [1.807, 2.05) is 0 Å². The van der Waals surface area contributed by atoms with E-state index in [4.69, 9.17) is 11.5 Å². The third kappa shape index (κ3) is 37.2. The highest BCUT2D eigenvalue weighted by Gasteiger charge is 1.94. The van der Waals surface area contributed by atoms with Crippen molar-refractivity contribution in [1.82, 2.24) is 0 Å². The van der Waals surface area contributed by atoms with Crippen molar-refractivity contribution in [2.24, 2.45) is 11.5 Å². The molecule has 0 aliphatic heterocycles. The van der Waals surface area contributed by atoms with Gasteiger partial charge in [-0.25, -0.2) is 0 Å². The number of rotatable bonds is 26. The van der Waals surface area contributed by atoms with Gasteiger partial charge in [0.2, 0.25) is 0 Å². The summed E-state index contributed by atoms with van der Waals surface area (Å²) in [6.07, 6.45) is 36.8. The molecule has 196 valence electrons. The molecule has 2 heteroatoms. The summed E-state index contributed by atoms with van der Waals surface area (Å²) in [5, 5.41) is 0. The van der Waals surface area contributed by atoms with Crippen molar-refractivity contribution in [3.8, 4) is 0 Å². The fourth-order valence-electron chi connectivity index (χ4n) is 4.32. The van der Waals surface area contributed by atoms with Gasteiger partial charge in [0.1, 0.15) is 0 Å². The molecule has 0 spiro atoms. The summed E-state index contributed by atoms with van der Waals surface area (Å²) in [6, 6.07) is 0. The van der Waals surface area contributed by atoms with E-state index in [-0.39, 0.29) is 0 Å². The van der Waals surface area contributed by atoms with E-state index in [0.717, 1.165) is 13.1 Å². The van der Waals surface area contributed by atoms with Crippen LogP contribution in [0.2, 0.25) is 0 Å². The second kappa shape index (κ2) is 35.5. The summed E-state index contributed by atoms with van der Waals surface area (Å²) in [6.45, 7) is 6.31. The van der Waals surface area contributed by atoms with Crippen LogP contribution < -0.4 is 11.5 Å². The van der Waals surface area contributed by atoms with Gasteiger partial charge in [-0.2, -0.15) is 0 Å². The zero-order chi connectivity index (χ0) is 23.8. The molecule has 0 fully saturated rings. The van der Waals surface area contributed by atoms with Crippen LogP contribution in [0.4, 0.5) is 0 Å². The Morgan fingerprint density at radius 2 is 0.406 bits per heavy atom. The maximum atomic E-state index is 5.47. The predicted molar refractivity (Wildman–Crippen MR) is 149 cm³/mol. The van der Waals surface area contributed by atoms with Gasteiger partial charge in [-0.05, 0) is 25.9 Å². The van der Waals surface area contributed by atoms with Crippen LogP contribution in [0.1, 0.15) is 181 Å². The van der Waals surface area contributed by atoms with Gasteiger partial charge in [-0.3, -0.25) is 0 Å². The molecule has 0 aromatic heterocycles. The highest BCUT2D eigenvalue weighted by atomic mass is 14.5. The van der Waals surface area contributed by atoms with Gasteiger partial charge in [0.15, 0.2) is 0 Å². The van der Waals surface area contributed by atoms with Gasteiger partial charge < -0.3 is 11.5 Å². The lowest BCUT2D eigenvalue weighted by Gasteiger charge is -2.02. The second-order valence-corrected chi connectivity index (χ2v) is 10.1. The summed E-state index contributed by atoms with van der Waals surface area (Å²) in [4.78, 5) is 0. The zero-order valence-corrected chi connectivity index (χ0v) is 23.0.